The maximum atomic E-state index is 12.5. The number of halogens is 1. The van der Waals surface area contributed by atoms with Crippen LogP contribution in [0.1, 0.15) is 35.3 Å². The second-order valence-electron chi connectivity index (χ2n) is 6.52. The number of carbonyl (C=O) groups excluding carboxylic acids is 2. The molecule has 1 fully saturated rings. The van der Waals surface area contributed by atoms with E-state index in [0.29, 0.717) is 12.2 Å². The van der Waals surface area contributed by atoms with E-state index in [1.807, 2.05) is 37.3 Å². The number of nitrogens with zero attached hydrogens (tertiary/aromatic N) is 1. The average molecular weight is 387 g/mol. The number of carboxylic acid groups (broad SMARTS) is 1. The van der Waals surface area contributed by atoms with Crippen molar-refractivity contribution in [2.24, 2.45) is 5.92 Å². The number of aromatic carboxylic acids is 1. The van der Waals surface area contributed by atoms with Crippen LogP contribution in [0, 0.1) is 5.92 Å². The first-order valence-corrected chi connectivity index (χ1v) is 8.92. The summed E-state index contributed by atoms with van der Waals surface area (Å²) in [5.41, 5.74) is 1.38. The van der Waals surface area contributed by atoms with Crippen molar-refractivity contribution < 1.29 is 19.5 Å². The van der Waals surface area contributed by atoms with Crippen molar-refractivity contribution in [3.63, 3.8) is 0 Å². The van der Waals surface area contributed by atoms with Crippen LogP contribution in [0.25, 0.3) is 0 Å². The van der Waals surface area contributed by atoms with E-state index in [1.165, 1.54) is 18.2 Å². The van der Waals surface area contributed by atoms with Crippen LogP contribution in [-0.2, 0) is 9.59 Å². The Morgan fingerprint density at radius 3 is 2.56 bits per heavy atom. The molecule has 2 amide bonds. The standard InChI is InChI=1S/C20H19ClN2O4/c1-12(13-5-3-2-4-6-13)23-11-14(9-18(23)24)19(25)22-15-7-8-16(20(26)27)17(21)10-15/h2-8,10,12,14H,9,11H2,1H3,(H,22,25)(H,26,27). The third-order valence-electron chi connectivity index (χ3n) is 4.75. The highest BCUT2D eigenvalue weighted by molar-refractivity contribution is 6.33. The lowest BCUT2D eigenvalue weighted by molar-refractivity contribution is -0.129. The number of rotatable bonds is 5. The van der Waals surface area contributed by atoms with Gasteiger partial charge in [0.15, 0.2) is 0 Å². The van der Waals surface area contributed by atoms with Gasteiger partial charge in [-0.2, -0.15) is 0 Å². The zero-order valence-electron chi connectivity index (χ0n) is 14.7. The summed E-state index contributed by atoms with van der Waals surface area (Å²) in [7, 11) is 0. The molecule has 2 N–H and O–H groups in total. The molecule has 27 heavy (non-hydrogen) atoms. The minimum absolute atomic E-state index is 0.0337. The largest absolute Gasteiger partial charge is 0.478 e. The Labute approximate surface area is 161 Å². The predicted molar refractivity (Wildman–Crippen MR) is 102 cm³/mol. The minimum atomic E-state index is -1.13. The summed E-state index contributed by atoms with van der Waals surface area (Å²) in [6.07, 6.45) is 0.143. The number of nitrogens with one attached hydrogen (secondary N) is 1. The molecule has 1 heterocycles. The molecular formula is C20H19ClN2O4. The summed E-state index contributed by atoms with van der Waals surface area (Å²) in [4.78, 5) is 37.6. The van der Waals surface area contributed by atoms with Crippen molar-refractivity contribution in [1.29, 1.82) is 0 Å². The Balaban J connectivity index is 1.67. The highest BCUT2D eigenvalue weighted by atomic mass is 35.5. The number of carboxylic acids is 1. The summed E-state index contributed by atoms with van der Waals surface area (Å²) in [6.45, 7) is 2.28. The maximum absolute atomic E-state index is 12.5. The molecule has 1 aliphatic heterocycles. The molecule has 2 aromatic rings. The SMILES string of the molecule is CC(c1ccccc1)N1CC(C(=O)Nc2ccc(C(=O)O)c(Cl)c2)CC1=O. The molecule has 2 atom stereocenters. The summed E-state index contributed by atoms with van der Waals surface area (Å²) in [5, 5.41) is 11.8. The summed E-state index contributed by atoms with van der Waals surface area (Å²) in [5.74, 6) is -1.96. The second kappa shape index (κ2) is 7.80. The van der Waals surface area contributed by atoms with Crippen LogP contribution in [0.5, 0.6) is 0 Å². The number of likely N-dealkylation sites (tertiary alicyclic amines) is 1. The number of hydrogen-bond acceptors (Lipinski definition) is 3. The van der Waals surface area contributed by atoms with Gasteiger partial charge in [0.1, 0.15) is 0 Å². The van der Waals surface area contributed by atoms with E-state index in [0.717, 1.165) is 5.56 Å². The molecule has 0 saturated carbocycles. The van der Waals surface area contributed by atoms with Crippen molar-refractivity contribution in [2.45, 2.75) is 19.4 Å². The molecule has 3 rings (SSSR count). The molecule has 1 aliphatic rings. The van der Waals surface area contributed by atoms with Crippen molar-refractivity contribution in [3.8, 4) is 0 Å². The van der Waals surface area contributed by atoms with Gasteiger partial charge >= 0.3 is 5.97 Å². The number of hydrogen-bond donors (Lipinski definition) is 2. The molecule has 6 nitrogen and oxygen atoms in total. The third-order valence-corrected chi connectivity index (χ3v) is 5.06. The Hall–Kier alpha value is -2.86. The molecule has 0 aliphatic carbocycles. The van der Waals surface area contributed by atoms with Crippen LogP contribution in [-0.4, -0.2) is 34.3 Å². The Kier molecular flexibility index (Phi) is 5.46. The molecular weight excluding hydrogens is 368 g/mol. The summed E-state index contributed by atoms with van der Waals surface area (Å²) >= 11 is 5.93. The lowest BCUT2D eigenvalue weighted by atomic mass is 10.1. The van der Waals surface area contributed by atoms with Gasteiger partial charge in [0.25, 0.3) is 0 Å². The van der Waals surface area contributed by atoms with Gasteiger partial charge in [0.05, 0.1) is 22.5 Å². The van der Waals surface area contributed by atoms with E-state index in [9.17, 15) is 14.4 Å². The number of benzene rings is 2. The van der Waals surface area contributed by atoms with Gasteiger partial charge in [-0.05, 0) is 30.7 Å². The zero-order chi connectivity index (χ0) is 19.6. The molecule has 7 heteroatoms. The van der Waals surface area contributed by atoms with Gasteiger partial charge in [-0.25, -0.2) is 4.79 Å². The van der Waals surface area contributed by atoms with Gasteiger partial charge in [-0.3, -0.25) is 9.59 Å². The van der Waals surface area contributed by atoms with Crippen LogP contribution < -0.4 is 5.32 Å². The molecule has 0 bridgehead atoms. The minimum Gasteiger partial charge on any atom is -0.478 e. The van der Waals surface area contributed by atoms with Crippen LogP contribution in [0.2, 0.25) is 5.02 Å². The molecule has 0 aromatic heterocycles. The zero-order valence-corrected chi connectivity index (χ0v) is 15.4. The fraction of sp³-hybridized carbons (Fsp3) is 0.250. The molecule has 0 radical (unpaired) electrons. The van der Waals surface area contributed by atoms with Gasteiger partial charge in [0.2, 0.25) is 11.8 Å². The van der Waals surface area contributed by atoms with Crippen LogP contribution in [0.15, 0.2) is 48.5 Å². The van der Waals surface area contributed by atoms with Gasteiger partial charge in [-0.15, -0.1) is 0 Å². The Morgan fingerprint density at radius 2 is 1.93 bits per heavy atom. The predicted octanol–water partition coefficient (Wildman–Crippen LogP) is 3.59. The molecule has 1 saturated heterocycles. The van der Waals surface area contributed by atoms with Crippen LogP contribution >= 0.6 is 11.6 Å². The van der Waals surface area contributed by atoms with Crippen molar-refractivity contribution >= 4 is 35.1 Å². The van der Waals surface area contributed by atoms with E-state index in [1.54, 1.807) is 4.90 Å². The van der Waals surface area contributed by atoms with E-state index in [4.69, 9.17) is 16.7 Å². The number of carbonyl (C=O) groups is 3. The fourth-order valence-electron chi connectivity index (χ4n) is 3.20. The Bertz CT molecular complexity index is 885. The molecule has 2 unspecified atom stereocenters. The lowest BCUT2D eigenvalue weighted by Crippen LogP contribution is -2.30. The summed E-state index contributed by atoms with van der Waals surface area (Å²) < 4.78 is 0. The van der Waals surface area contributed by atoms with Crippen molar-refractivity contribution in [2.75, 3.05) is 11.9 Å². The molecule has 140 valence electrons. The normalized spacial score (nSPS) is 17.6. The van der Waals surface area contributed by atoms with Crippen LogP contribution in [0.3, 0.4) is 0 Å². The monoisotopic (exact) mass is 386 g/mol. The first kappa shape index (κ1) is 18.9. The highest BCUT2D eigenvalue weighted by Crippen LogP contribution is 2.29. The van der Waals surface area contributed by atoms with E-state index < -0.39 is 11.9 Å². The van der Waals surface area contributed by atoms with Gasteiger partial charge < -0.3 is 15.3 Å². The average Bonchev–Trinajstić information content (AvgIpc) is 3.03. The Morgan fingerprint density at radius 1 is 1.22 bits per heavy atom. The number of amides is 2. The van der Waals surface area contributed by atoms with E-state index in [2.05, 4.69) is 5.32 Å². The van der Waals surface area contributed by atoms with E-state index >= 15 is 0 Å². The molecule has 2 aromatic carbocycles. The molecule has 0 spiro atoms. The smallest absolute Gasteiger partial charge is 0.337 e. The van der Waals surface area contributed by atoms with Gasteiger partial charge in [0, 0.05) is 18.7 Å². The first-order valence-electron chi connectivity index (χ1n) is 8.55. The highest BCUT2D eigenvalue weighted by Gasteiger charge is 2.37. The first-order chi connectivity index (χ1) is 12.9. The van der Waals surface area contributed by atoms with Crippen molar-refractivity contribution in [1.82, 2.24) is 4.90 Å². The van der Waals surface area contributed by atoms with Crippen molar-refractivity contribution in [3.05, 3.63) is 64.7 Å². The maximum Gasteiger partial charge on any atom is 0.337 e. The van der Waals surface area contributed by atoms with Gasteiger partial charge in [-0.1, -0.05) is 41.9 Å². The second-order valence-corrected chi connectivity index (χ2v) is 6.93. The third kappa shape index (κ3) is 4.11. The topological polar surface area (TPSA) is 86.7 Å². The van der Waals surface area contributed by atoms with Crippen LogP contribution in [0.4, 0.5) is 5.69 Å². The fourth-order valence-corrected chi connectivity index (χ4v) is 3.47. The van der Waals surface area contributed by atoms with E-state index in [-0.39, 0.29) is 34.9 Å². The lowest BCUT2D eigenvalue weighted by Gasteiger charge is -2.25. The summed E-state index contributed by atoms with van der Waals surface area (Å²) in [6, 6.07) is 13.8. The number of anilines is 1. The quantitative estimate of drug-likeness (QED) is 0.822.